The van der Waals surface area contributed by atoms with Gasteiger partial charge in [-0.05, 0) is 146 Å². The molecule has 0 amide bonds. The minimum absolute atomic E-state index is 0.217. The number of hydrogen-bond acceptors (Lipinski definition) is 4. The number of fused-ring (bicyclic) bond motifs is 15. The highest BCUT2D eigenvalue weighted by Gasteiger charge is 2.53. The van der Waals surface area contributed by atoms with E-state index in [4.69, 9.17) is 4.42 Å². The topological polar surface area (TPSA) is 22.9 Å². The number of rotatable bonds is 9. The molecule has 0 saturated heterocycles. The summed E-state index contributed by atoms with van der Waals surface area (Å²) in [5.41, 5.74) is 29.4. The van der Waals surface area contributed by atoms with Crippen LogP contribution in [0, 0.1) is 0 Å². The van der Waals surface area contributed by atoms with Crippen LogP contribution in [0.25, 0.3) is 44.2 Å². The van der Waals surface area contributed by atoms with Crippen molar-refractivity contribution in [3.63, 3.8) is 0 Å². The third kappa shape index (κ3) is 7.17. The van der Waals surface area contributed by atoms with Gasteiger partial charge in [0.15, 0.2) is 0 Å². The van der Waals surface area contributed by atoms with Crippen LogP contribution in [0.2, 0.25) is 0 Å². The Balaban J connectivity index is 0.973. The van der Waals surface area contributed by atoms with Crippen LogP contribution in [0.1, 0.15) is 51.8 Å². The Bertz CT molecular complexity index is 5270. The summed E-state index contributed by atoms with van der Waals surface area (Å²) in [4.78, 5) is 7.79. The molecular weight excluding hydrogens is 1100 g/mol. The lowest BCUT2D eigenvalue weighted by molar-refractivity contribution is 0.669. The molecule has 1 atom stereocenters. The van der Waals surface area contributed by atoms with Gasteiger partial charge in [-0.3, -0.25) is 0 Å². The lowest BCUT2D eigenvalue weighted by Crippen LogP contribution is -2.61. The molecular formula is C86H58BN3O. The normalized spacial score (nSPS) is 15.9. The van der Waals surface area contributed by atoms with Crippen LogP contribution in [0.5, 0.6) is 0 Å². The Morgan fingerprint density at radius 1 is 0.396 bits per heavy atom. The highest BCUT2D eigenvalue weighted by atomic mass is 16.3. The van der Waals surface area contributed by atoms with Gasteiger partial charge in [-0.25, -0.2) is 0 Å². The van der Waals surface area contributed by atoms with E-state index in [1.165, 1.54) is 88.8 Å². The minimum Gasteiger partial charge on any atom is -0.456 e. The number of anilines is 9. The summed E-state index contributed by atoms with van der Waals surface area (Å²) in [5.74, 6) is 0. The molecule has 3 heterocycles. The van der Waals surface area contributed by atoms with E-state index in [-0.39, 0.29) is 6.71 Å². The molecule has 0 spiro atoms. The van der Waals surface area contributed by atoms with Crippen LogP contribution < -0.4 is 31.1 Å². The van der Waals surface area contributed by atoms with Gasteiger partial charge in [-0.1, -0.05) is 266 Å². The Kier molecular flexibility index (Phi) is 11.4. The zero-order chi connectivity index (χ0) is 59.8. The fraction of sp³-hybridized carbons (Fsp3) is 0.0465. The van der Waals surface area contributed by atoms with Crippen molar-refractivity contribution in [3.8, 4) is 22.3 Å². The van der Waals surface area contributed by atoms with Crippen LogP contribution in [0.3, 0.4) is 0 Å². The third-order valence-electron chi connectivity index (χ3n) is 20.4. The molecule has 1 aromatic heterocycles. The summed E-state index contributed by atoms with van der Waals surface area (Å²) >= 11 is 0. The fourth-order valence-electron chi connectivity index (χ4n) is 17.1. The first-order valence-corrected chi connectivity index (χ1v) is 31.9. The molecule has 19 rings (SSSR count). The fourth-order valence-corrected chi connectivity index (χ4v) is 17.1. The molecule has 426 valence electrons. The Morgan fingerprint density at radius 3 is 1.54 bits per heavy atom. The van der Waals surface area contributed by atoms with Crippen molar-refractivity contribution < 1.29 is 4.42 Å². The first kappa shape index (κ1) is 51.6. The average molecular weight is 1160 g/mol. The summed E-state index contributed by atoms with van der Waals surface area (Å²) in [5, 5.41) is 2.19. The van der Waals surface area contributed by atoms with Crippen molar-refractivity contribution in [2.24, 2.45) is 0 Å². The van der Waals surface area contributed by atoms with Gasteiger partial charge in [-0.2, -0.15) is 0 Å². The van der Waals surface area contributed by atoms with Crippen LogP contribution in [-0.4, -0.2) is 6.71 Å². The van der Waals surface area contributed by atoms with E-state index in [1.54, 1.807) is 0 Å². The zero-order valence-electron chi connectivity index (χ0n) is 49.9. The van der Waals surface area contributed by atoms with Crippen LogP contribution in [0.15, 0.2) is 338 Å². The lowest BCUT2D eigenvalue weighted by Gasteiger charge is -2.46. The van der Waals surface area contributed by atoms with Gasteiger partial charge in [0, 0.05) is 50.6 Å². The monoisotopic (exact) mass is 1160 g/mol. The predicted molar refractivity (Wildman–Crippen MR) is 378 cm³/mol. The van der Waals surface area contributed by atoms with E-state index < -0.39 is 10.8 Å². The molecule has 3 aliphatic carbocycles. The molecule has 0 fully saturated rings. The molecule has 2 aliphatic heterocycles. The smallest absolute Gasteiger partial charge is 0.252 e. The van der Waals surface area contributed by atoms with E-state index >= 15 is 0 Å². The average Bonchev–Trinajstić information content (AvgIpc) is 1.62. The van der Waals surface area contributed by atoms with Crippen molar-refractivity contribution >= 4 is 96.2 Å². The van der Waals surface area contributed by atoms with Crippen molar-refractivity contribution in [2.75, 3.05) is 14.7 Å². The maximum absolute atomic E-state index is 6.94. The largest absolute Gasteiger partial charge is 0.456 e. The second-order valence-electron chi connectivity index (χ2n) is 24.8. The maximum atomic E-state index is 6.94. The van der Waals surface area contributed by atoms with E-state index in [0.29, 0.717) is 0 Å². The van der Waals surface area contributed by atoms with E-state index in [0.717, 1.165) is 80.3 Å². The van der Waals surface area contributed by atoms with Crippen LogP contribution >= 0.6 is 0 Å². The molecule has 5 aliphatic rings. The number of nitrogens with zero attached hydrogens (tertiary/aromatic N) is 3. The molecule has 4 nitrogen and oxygen atoms in total. The summed E-state index contributed by atoms with van der Waals surface area (Å²) < 4.78 is 6.94. The quantitative estimate of drug-likeness (QED) is 0.134. The number of allylic oxidation sites excluding steroid dienone is 4. The molecule has 1 unspecified atom stereocenters. The van der Waals surface area contributed by atoms with Gasteiger partial charge >= 0.3 is 0 Å². The summed E-state index contributed by atoms with van der Waals surface area (Å²) in [6, 6.07) is 116. The second kappa shape index (κ2) is 20.1. The van der Waals surface area contributed by atoms with Gasteiger partial charge in [0.05, 0.1) is 33.3 Å². The van der Waals surface area contributed by atoms with E-state index in [1.807, 2.05) is 0 Å². The van der Waals surface area contributed by atoms with Gasteiger partial charge < -0.3 is 19.1 Å². The molecule has 0 radical (unpaired) electrons. The van der Waals surface area contributed by atoms with Crippen LogP contribution in [-0.2, 0) is 10.8 Å². The van der Waals surface area contributed by atoms with Gasteiger partial charge in [-0.15, -0.1) is 0 Å². The first-order valence-electron chi connectivity index (χ1n) is 31.9. The molecule has 13 aromatic carbocycles. The van der Waals surface area contributed by atoms with Crippen molar-refractivity contribution in [1.29, 1.82) is 0 Å². The maximum Gasteiger partial charge on any atom is 0.252 e. The second-order valence-corrected chi connectivity index (χ2v) is 24.8. The van der Waals surface area contributed by atoms with Gasteiger partial charge in [0.2, 0.25) is 0 Å². The first-order chi connectivity index (χ1) is 45.2. The highest BCUT2D eigenvalue weighted by Crippen LogP contribution is 2.63. The zero-order valence-corrected chi connectivity index (χ0v) is 49.9. The van der Waals surface area contributed by atoms with Crippen LogP contribution in [0.4, 0.5) is 51.2 Å². The number of para-hydroxylation sites is 4. The Labute approximate surface area is 530 Å². The number of furan rings is 1. The predicted octanol–water partition coefficient (Wildman–Crippen LogP) is 20.1. The van der Waals surface area contributed by atoms with E-state index in [2.05, 4.69) is 342 Å². The Morgan fingerprint density at radius 2 is 0.901 bits per heavy atom. The van der Waals surface area contributed by atoms with Gasteiger partial charge in [0.25, 0.3) is 6.71 Å². The number of benzene rings is 13. The van der Waals surface area contributed by atoms with Crippen molar-refractivity contribution in [1.82, 2.24) is 0 Å². The third-order valence-corrected chi connectivity index (χ3v) is 20.4. The molecule has 91 heavy (non-hydrogen) atoms. The lowest BCUT2D eigenvalue weighted by atomic mass is 9.33. The SMILES string of the molecule is C1=CCCC(C2(c3ccccc3)c3ccccc3-c3c(N(c4ccccc4)c4cc5c6c(c4)N(c4ccccc4)c4c(ccc7oc8ccccc8c47)B6c4ccc6c(c4N5c4ccccc4)-c4ccccc4C6(c4ccccc4)c4ccccc4)cccc32)=C1. The van der Waals surface area contributed by atoms with Gasteiger partial charge in [0.1, 0.15) is 11.2 Å². The molecule has 0 bridgehead atoms. The summed E-state index contributed by atoms with van der Waals surface area (Å²) in [6.45, 7) is -0.217. The molecule has 14 aromatic rings. The van der Waals surface area contributed by atoms with Crippen molar-refractivity contribution in [3.05, 3.63) is 372 Å². The highest BCUT2D eigenvalue weighted by molar-refractivity contribution is 7.00. The standard InChI is InChI=1S/C86H58BN3O/c1-8-29-57(30-9-1)85(58-31-10-2-11-32-58)68-46-25-22-43-65(68)79-70(85)48-28-49-74(79)88(61-37-16-5-17-38-61)64-55-75-82-76(56-64)90(63-41-20-7-21-42-63)84-73(53-54-78-81(84)67-45-24-27-50-77(67)91-78)87(82)72-52-51-71-80(83(72)89(75)62-39-18-6-19-40-62)66-44-23-26-47-69(66)86(71,59-33-12-3-13-34-59)60-35-14-4-15-36-60/h1-10,12-31,33-56H,11,32H2. The minimum atomic E-state index is -0.636. The molecule has 5 heteroatoms. The summed E-state index contributed by atoms with van der Waals surface area (Å²) in [7, 11) is 0. The Hall–Kier alpha value is -11.4. The summed E-state index contributed by atoms with van der Waals surface area (Å²) in [6.07, 6.45) is 8.94. The molecule has 0 N–H and O–H groups in total. The molecule has 0 saturated carbocycles. The van der Waals surface area contributed by atoms with E-state index in [9.17, 15) is 0 Å². The van der Waals surface area contributed by atoms with Crippen molar-refractivity contribution in [2.45, 2.75) is 23.7 Å². The number of hydrogen-bond donors (Lipinski definition) is 0.